The van der Waals surface area contributed by atoms with E-state index in [1.807, 2.05) is 66.7 Å². The summed E-state index contributed by atoms with van der Waals surface area (Å²) in [4.78, 5) is 12.9. The minimum atomic E-state index is -0.352. The highest BCUT2D eigenvalue weighted by Crippen LogP contribution is 2.25. The standard InChI is InChI=1S/C25H21N3O3/c1-18-23(22(15-26)25(31-18)28-13-7-8-14-28)24(29)27-16-19-9-5-6-10-20(19)17-30-21-11-3-2-4-12-21/h2-14H,16-17H2,1H3,(H,27,29). The summed E-state index contributed by atoms with van der Waals surface area (Å²) in [5.41, 5.74) is 2.39. The van der Waals surface area contributed by atoms with E-state index in [1.165, 1.54) is 0 Å². The molecule has 154 valence electrons. The summed E-state index contributed by atoms with van der Waals surface area (Å²) in [5, 5.41) is 12.6. The van der Waals surface area contributed by atoms with E-state index in [4.69, 9.17) is 9.15 Å². The Kier molecular flexibility index (Phi) is 5.86. The van der Waals surface area contributed by atoms with Crippen molar-refractivity contribution in [3.8, 4) is 17.7 Å². The Bertz CT molecular complexity index is 1220. The fraction of sp³-hybridized carbons (Fsp3) is 0.120. The number of aryl methyl sites for hydroxylation is 1. The Morgan fingerprint density at radius 3 is 2.42 bits per heavy atom. The summed E-state index contributed by atoms with van der Waals surface area (Å²) in [6.45, 7) is 2.38. The van der Waals surface area contributed by atoms with Crippen molar-refractivity contribution in [3.63, 3.8) is 0 Å². The van der Waals surface area contributed by atoms with Crippen LogP contribution in [0.1, 0.15) is 32.8 Å². The zero-order valence-electron chi connectivity index (χ0n) is 17.0. The molecule has 2 aromatic heterocycles. The summed E-state index contributed by atoms with van der Waals surface area (Å²) >= 11 is 0. The van der Waals surface area contributed by atoms with Crippen LogP contribution >= 0.6 is 0 Å². The van der Waals surface area contributed by atoms with Gasteiger partial charge in [-0.3, -0.25) is 9.36 Å². The Labute approximate surface area is 180 Å². The summed E-state index contributed by atoms with van der Waals surface area (Å²) in [6, 6.07) is 23.1. The van der Waals surface area contributed by atoms with Gasteiger partial charge in [0.1, 0.15) is 35.3 Å². The highest BCUT2D eigenvalue weighted by Gasteiger charge is 2.24. The predicted octanol–water partition coefficient (Wildman–Crippen LogP) is 4.76. The molecule has 0 saturated carbocycles. The van der Waals surface area contributed by atoms with Crippen molar-refractivity contribution in [1.82, 2.24) is 9.88 Å². The fourth-order valence-corrected chi connectivity index (χ4v) is 3.37. The number of furan rings is 1. The second-order valence-electron chi connectivity index (χ2n) is 6.97. The molecule has 4 rings (SSSR count). The molecule has 0 aliphatic heterocycles. The molecular formula is C25H21N3O3. The third-order valence-electron chi connectivity index (χ3n) is 4.94. The lowest BCUT2D eigenvalue weighted by atomic mass is 10.1. The molecule has 0 spiro atoms. The number of nitrogens with one attached hydrogen (secondary N) is 1. The van der Waals surface area contributed by atoms with Gasteiger partial charge in [-0.25, -0.2) is 0 Å². The van der Waals surface area contributed by atoms with E-state index < -0.39 is 0 Å². The van der Waals surface area contributed by atoms with Crippen LogP contribution in [0.3, 0.4) is 0 Å². The van der Waals surface area contributed by atoms with Crippen molar-refractivity contribution in [3.05, 3.63) is 107 Å². The molecule has 2 aromatic carbocycles. The van der Waals surface area contributed by atoms with Gasteiger partial charge in [0.25, 0.3) is 5.91 Å². The third-order valence-corrected chi connectivity index (χ3v) is 4.94. The molecule has 0 bridgehead atoms. The van der Waals surface area contributed by atoms with E-state index in [0.29, 0.717) is 24.8 Å². The number of nitriles is 1. The molecule has 1 amide bonds. The molecule has 4 aromatic rings. The number of amides is 1. The number of para-hydroxylation sites is 1. The van der Waals surface area contributed by atoms with Crippen molar-refractivity contribution in [1.29, 1.82) is 5.26 Å². The largest absolute Gasteiger partial charge is 0.489 e. The molecule has 6 nitrogen and oxygen atoms in total. The van der Waals surface area contributed by atoms with Crippen molar-refractivity contribution < 1.29 is 13.9 Å². The van der Waals surface area contributed by atoms with Gasteiger partial charge in [0.15, 0.2) is 0 Å². The molecule has 2 heterocycles. The lowest BCUT2D eigenvalue weighted by molar-refractivity contribution is 0.0949. The second kappa shape index (κ2) is 9.06. The molecule has 0 atom stereocenters. The average molecular weight is 411 g/mol. The number of carbonyl (C=O) groups is 1. The molecule has 6 heteroatoms. The minimum absolute atomic E-state index is 0.215. The first-order valence-electron chi connectivity index (χ1n) is 9.87. The first-order valence-corrected chi connectivity index (χ1v) is 9.87. The fourth-order valence-electron chi connectivity index (χ4n) is 3.37. The SMILES string of the molecule is Cc1oc(-n2cccc2)c(C#N)c1C(=O)NCc1ccccc1COc1ccccc1. The number of carbonyl (C=O) groups excluding carboxylic acids is 1. The lowest BCUT2D eigenvalue weighted by Crippen LogP contribution is -2.24. The Balaban J connectivity index is 1.49. The summed E-state index contributed by atoms with van der Waals surface area (Å²) in [6.07, 6.45) is 3.54. The van der Waals surface area contributed by atoms with Crippen molar-refractivity contribution in [2.24, 2.45) is 0 Å². The van der Waals surface area contributed by atoms with Crippen LogP contribution in [-0.4, -0.2) is 10.5 Å². The number of hydrogen-bond acceptors (Lipinski definition) is 4. The summed E-state index contributed by atoms with van der Waals surface area (Å²) < 4.78 is 13.3. The average Bonchev–Trinajstić information content (AvgIpc) is 3.44. The van der Waals surface area contributed by atoms with Crippen LogP contribution in [0.5, 0.6) is 5.75 Å². The summed E-state index contributed by atoms with van der Waals surface area (Å²) in [7, 11) is 0. The van der Waals surface area contributed by atoms with E-state index >= 15 is 0 Å². The smallest absolute Gasteiger partial charge is 0.256 e. The lowest BCUT2D eigenvalue weighted by Gasteiger charge is -2.12. The number of hydrogen-bond donors (Lipinski definition) is 1. The first kappa shape index (κ1) is 20.0. The van der Waals surface area contributed by atoms with Gasteiger partial charge in [-0.15, -0.1) is 0 Å². The molecule has 0 aliphatic rings. The van der Waals surface area contributed by atoms with E-state index in [-0.39, 0.29) is 17.0 Å². The van der Waals surface area contributed by atoms with Crippen molar-refractivity contribution >= 4 is 5.91 Å². The van der Waals surface area contributed by atoms with Gasteiger partial charge in [-0.1, -0.05) is 42.5 Å². The van der Waals surface area contributed by atoms with Crippen LogP contribution in [0.25, 0.3) is 5.88 Å². The Morgan fingerprint density at radius 2 is 1.71 bits per heavy atom. The van der Waals surface area contributed by atoms with Crippen LogP contribution in [0.15, 0.2) is 83.5 Å². The molecule has 1 N–H and O–H groups in total. The second-order valence-corrected chi connectivity index (χ2v) is 6.97. The van der Waals surface area contributed by atoms with Crippen LogP contribution < -0.4 is 10.1 Å². The van der Waals surface area contributed by atoms with Gasteiger partial charge in [0.2, 0.25) is 5.88 Å². The highest BCUT2D eigenvalue weighted by atomic mass is 16.5. The molecule has 0 fully saturated rings. The van der Waals surface area contributed by atoms with E-state index in [2.05, 4.69) is 11.4 Å². The molecule has 0 unspecified atom stereocenters. The molecule has 31 heavy (non-hydrogen) atoms. The number of ether oxygens (including phenoxy) is 1. The number of benzene rings is 2. The minimum Gasteiger partial charge on any atom is -0.489 e. The number of rotatable bonds is 7. The van der Waals surface area contributed by atoms with E-state index in [0.717, 1.165) is 16.9 Å². The molecule has 0 radical (unpaired) electrons. The Morgan fingerprint density at radius 1 is 1.03 bits per heavy atom. The zero-order valence-corrected chi connectivity index (χ0v) is 17.0. The maximum Gasteiger partial charge on any atom is 0.256 e. The van der Waals surface area contributed by atoms with E-state index in [9.17, 15) is 10.1 Å². The topological polar surface area (TPSA) is 80.2 Å². The maximum absolute atomic E-state index is 12.9. The number of nitrogens with zero attached hydrogens (tertiary/aromatic N) is 2. The monoisotopic (exact) mass is 411 g/mol. The normalized spacial score (nSPS) is 10.5. The van der Waals surface area contributed by atoms with Gasteiger partial charge in [-0.05, 0) is 42.3 Å². The molecule has 0 saturated heterocycles. The van der Waals surface area contributed by atoms with Crippen molar-refractivity contribution in [2.75, 3.05) is 0 Å². The number of aromatic nitrogens is 1. The maximum atomic E-state index is 12.9. The zero-order chi connectivity index (χ0) is 21.6. The third kappa shape index (κ3) is 4.36. The van der Waals surface area contributed by atoms with E-state index in [1.54, 1.807) is 23.9 Å². The Hall–Kier alpha value is -4.24. The van der Waals surface area contributed by atoms with Crippen molar-refractivity contribution in [2.45, 2.75) is 20.1 Å². The quantitative estimate of drug-likeness (QED) is 0.475. The van der Waals surface area contributed by atoms with Gasteiger partial charge in [0.05, 0.1) is 0 Å². The summed E-state index contributed by atoms with van der Waals surface area (Å²) in [5.74, 6) is 1.17. The van der Waals surface area contributed by atoms with Crippen LogP contribution in [0, 0.1) is 18.3 Å². The molecule has 0 aliphatic carbocycles. The molecular weight excluding hydrogens is 390 g/mol. The van der Waals surface area contributed by atoms with Crippen LogP contribution in [0.2, 0.25) is 0 Å². The van der Waals surface area contributed by atoms with Gasteiger partial charge in [0, 0.05) is 18.9 Å². The highest BCUT2D eigenvalue weighted by molar-refractivity contribution is 5.98. The first-order chi connectivity index (χ1) is 15.2. The van der Waals surface area contributed by atoms with Gasteiger partial charge in [-0.2, -0.15) is 5.26 Å². The predicted molar refractivity (Wildman–Crippen MR) is 116 cm³/mol. The van der Waals surface area contributed by atoms with Crippen LogP contribution in [0.4, 0.5) is 0 Å². The van der Waals surface area contributed by atoms with Crippen LogP contribution in [-0.2, 0) is 13.2 Å². The van der Waals surface area contributed by atoms with Gasteiger partial charge < -0.3 is 14.5 Å². The van der Waals surface area contributed by atoms with Gasteiger partial charge >= 0.3 is 0 Å².